The zero-order chi connectivity index (χ0) is 38.6. The van der Waals surface area contributed by atoms with Crippen LogP contribution < -0.4 is 0 Å². The molecule has 0 radical (unpaired) electrons. The largest absolute Gasteiger partial charge is 0.309 e. The number of rotatable bonds is 6. The second-order valence-corrected chi connectivity index (χ2v) is 14.5. The number of hydrogen-bond acceptors (Lipinski definition) is 3. The number of para-hydroxylation sites is 3. The lowest BCUT2D eigenvalue weighted by atomic mass is 9.97. The Morgan fingerprint density at radius 3 is 1.45 bits per heavy atom. The summed E-state index contributed by atoms with van der Waals surface area (Å²) in [5.41, 5.74) is 13.5. The van der Waals surface area contributed by atoms with Gasteiger partial charge in [0.05, 0.1) is 45.1 Å². The number of hydrogen-bond donors (Lipinski definition) is 0. The van der Waals surface area contributed by atoms with Crippen molar-refractivity contribution in [2.24, 2.45) is 0 Å². The van der Waals surface area contributed by atoms with E-state index in [1.165, 1.54) is 21.8 Å². The van der Waals surface area contributed by atoms with Crippen LogP contribution >= 0.6 is 0 Å². The molecule has 0 fully saturated rings. The molecule has 0 amide bonds. The molecule has 0 aliphatic rings. The van der Waals surface area contributed by atoms with Crippen molar-refractivity contribution in [3.8, 4) is 62.5 Å². The molecule has 11 rings (SSSR count). The van der Waals surface area contributed by atoms with Crippen molar-refractivity contribution in [2.45, 2.75) is 0 Å². The fraction of sp³-hybridized carbons (Fsp3) is 0. The zero-order valence-corrected chi connectivity index (χ0v) is 31.3. The van der Waals surface area contributed by atoms with Gasteiger partial charge >= 0.3 is 0 Å². The first-order chi connectivity index (χ1) is 28.7. The molecule has 0 spiro atoms. The van der Waals surface area contributed by atoms with Crippen LogP contribution in [0.2, 0.25) is 0 Å². The lowest BCUT2D eigenvalue weighted by Gasteiger charge is -2.15. The Hall–Kier alpha value is -8.07. The van der Waals surface area contributed by atoms with Crippen molar-refractivity contribution >= 4 is 43.6 Å². The maximum Gasteiger partial charge on any atom is 0.160 e. The third kappa shape index (κ3) is 5.47. The van der Waals surface area contributed by atoms with Gasteiger partial charge in [0.2, 0.25) is 0 Å². The number of nitrogens with zero attached hydrogens (tertiary/aromatic N) is 5. The maximum absolute atomic E-state index is 10.3. The van der Waals surface area contributed by atoms with Crippen molar-refractivity contribution in [3.63, 3.8) is 0 Å². The summed E-state index contributed by atoms with van der Waals surface area (Å²) >= 11 is 0. The van der Waals surface area contributed by atoms with E-state index >= 15 is 0 Å². The minimum absolute atomic E-state index is 0.604. The van der Waals surface area contributed by atoms with E-state index < -0.39 is 0 Å². The average Bonchev–Trinajstić information content (AvgIpc) is 3.82. The Morgan fingerprint density at radius 2 is 0.845 bits per heavy atom. The van der Waals surface area contributed by atoms with E-state index in [1.54, 1.807) is 0 Å². The third-order valence-electron chi connectivity index (χ3n) is 11.2. The van der Waals surface area contributed by atoms with Crippen LogP contribution in [0.15, 0.2) is 200 Å². The number of aromatic nitrogens is 4. The molecule has 8 aromatic carbocycles. The van der Waals surface area contributed by atoms with E-state index in [9.17, 15) is 5.26 Å². The zero-order valence-electron chi connectivity index (χ0n) is 31.3. The first-order valence-corrected chi connectivity index (χ1v) is 19.4. The molecule has 0 N–H and O–H groups in total. The van der Waals surface area contributed by atoms with Crippen LogP contribution in [-0.2, 0) is 0 Å². The third-order valence-corrected chi connectivity index (χ3v) is 11.2. The standard InChI is InChI=1S/C53H33N5/c54-34-37-19-7-8-20-42(37)38-29-39(53-55-47(35-15-3-1-4-16-35)33-48(56-53)36-17-5-2-6-18-36)31-41(30-38)58-51-26-14-11-23-45(51)46-32-40(27-28-52(46)58)57-49-24-12-9-21-43(49)44-22-10-13-25-50(44)57/h1-33H. The molecular formula is C53H33N5. The van der Waals surface area contributed by atoms with E-state index in [-0.39, 0.29) is 0 Å². The van der Waals surface area contributed by atoms with Crippen LogP contribution in [0.3, 0.4) is 0 Å². The highest BCUT2D eigenvalue weighted by molar-refractivity contribution is 6.12. The molecule has 0 bridgehead atoms. The molecule has 58 heavy (non-hydrogen) atoms. The summed E-state index contributed by atoms with van der Waals surface area (Å²) in [6.07, 6.45) is 0. The van der Waals surface area contributed by atoms with Crippen LogP contribution in [0.25, 0.3) is 100 Å². The Bertz CT molecular complexity index is 3290. The second-order valence-electron chi connectivity index (χ2n) is 14.5. The van der Waals surface area contributed by atoms with Gasteiger partial charge < -0.3 is 9.13 Å². The molecule has 0 atom stereocenters. The maximum atomic E-state index is 10.3. The lowest BCUT2D eigenvalue weighted by molar-refractivity contribution is 1.15. The van der Waals surface area contributed by atoms with Gasteiger partial charge in [0, 0.05) is 49.6 Å². The predicted octanol–water partition coefficient (Wildman–Crippen LogP) is 13.2. The minimum Gasteiger partial charge on any atom is -0.309 e. The fourth-order valence-electron chi connectivity index (χ4n) is 8.53. The van der Waals surface area contributed by atoms with E-state index in [2.05, 4.69) is 155 Å². The molecule has 3 aromatic heterocycles. The molecule has 5 heteroatoms. The van der Waals surface area contributed by atoms with Crippen molar-refractivity contribution in [2.75, 3.05) is 0 Å². The minimum atomic E-state index is 0.604. The lowest BCUT2D eigenvalue weighted by Crippen LogP contribution is -2.00. The Balaban J connectivity index is 1.18. The van der Waals surface area contributed by atoms with Crippen LogP contribution in [0.4, 0.5) is 0 Å². The quantitative estimate of drug-likeness (QED) is 0.171. The summed E-state index contributed by atoms with van der Waals surface area (Å²) in [6, 6.07) is 71.9. The molecule has 0 aliphatic carbocycles. The number of fused-ring (bicyclic) bond motifs is 6. The highest BCUT2D eigenvalue weighted by Crippen LogP contribution is 2.39. The van der Waals surface area contributed by atoms with Gasteiger partial charge in [-0.3, -0.25) is 0 Å². The van der Waals surface area contributed by atoms with Gasteiger partial charge in [-0.15, -0.1) is 0 Å². The van der Waals surface area contributed by atoms with Crippen molar-refractivity contribution in [1.82, 2.24) is 19.1 Å². The number of benzene rings is 8. The molecule has 0 saturated heterocycles. The van der Waals surface area contributed by atoms with Gasteiger partial charge in [0.15, 0.2) is 5.82 Å². The molecule has 3 heterocycles. The van der Waals surface area contributed by atoms with Gasteiger partial charge in [0.1, 0.15) is 0 Å². The summed E-state index contributed by atoms with van der Waals surface area (Å²) in [5, 5.41) is 15.0. The molecule has 0 aliphatic heterocycles. The first-order valence-electron chi connectivity index (χ1n) is 19.4. The van der Waals surface area contributed by atoms with E-state index in [0.29, 0.717) is 11.4 Å². The van der Waals surface area contributed by atoms with Crippen LogP contribution in [0.5, 0.6) is 0 Å². The van der Waals surface area contributed by atoms with E-state index in [4.69, 9.17) is 9.97 Å². The molecular weight excluding hydrogens is 707 g/mol. The van der Waals surface area contributed by atoms with Crippen LogP contribution in [-0.4, -0.2) is 19.1 Å². The second kappa shape index (κ2) is 13.6. The highest BCUT2D eigenvalue weighted by atomic mass is 15.0. The summed E-state index contributed by atoms with van der Waals surface area (Å²) in [7, 11) is 0. The summed E-state index contributed by atoms with van der Waals surface area (Å²) < 4.78 is 4.70. The monoisotopic (exact) mass is 739 g/mol. The topological polar surface area (TPSA) is 59.4 Å². The fourth-order valence-corrected chi connectivity index (χ4v) is 8.53. The van der Waals surface area contributed by atoms with Crippen molar-refractivity contribution in [1.29, 1.82) is 5.26 Å². The van der Waals surface area contributed by atoms with Gasteiger partial charge in [-0.1, -0.05) is 133 Å². The highest BCUT2D eigenvalue weighted by Gasteiger charge is 2.19. The van der Waals surface area contributed by atoms with Gasteiger partial charge in [-0.2, -0.15) is 5.26 Å². The van der Waals surface area contributed by atoms with Gasteiger partial charge in [-0.25, -0.2) is 9.97 Å². The molecule has 0 saturated carbocycles. The summed E-state index contributed by atoms with van der Waals surface area (Å²) in [5.74, 6) is 0.604. The van der Waals surface area contributed by atoms with Crippen molar-refractivity contribution in [3.05, 3.63) is 206 Å². The van der Waals surface area contributed by atoms with Gasteiger partial charge in [-0.05, 0) is 77.9 Å². The smallest absolute Gasteiger partial charge is 0.160 e. The van der Waals surface area contributed by atoms with E-state index in [1.807, 2.05) is 60.7 Å². The average molecular weight is 740 g/mol. The molecule has 0 unspecified atom stereocenters. The normalized spacial score (nSPS) is 11.4. The van der Waals surface area contributed by atoms with Gasteiger partial charge in [0.25, 0.3) is 0 Å². The summed E-state index contributed by atoms with van der Waals surface area (Å²) in [6.45, 7) is 0. The SMILES string of the molecule is N#Cc1ccccc1-c1cc(-c2nc(-c3ccccc3)cc(-c3ccccc3)n2)cc(-n2c3ccccc3c3cc(-n4c5ccccc5c5ccccc54)ccc32)c1. The molecule has 11 aromatic rings. The summed E-state index contributed by atoms with van der Waals surface area (Å²) in [4.78, 5) is 10.5. The molecule has 270 valence electrons. The predicted molar refractivity (Wildman–Crippen MR) is 237 cm³/mol. The number of nitriles is 1. The van der Waals surface area contributed by atoms with Crippen LogP contribution in [0, 0.1) is 11.3 Å². The van der Waals surface area contributed by atoms with Crippen molar-refractivity contribution < 1.29 is 0 Å². The Morgan fingerprint density at radius 1 is 0.362 bits per heavy atom. The molecule has 5 nitrogen and oxygen atoms in total. The van der Waals surface area contributed by atoms with E-state index in [0.717, 1.165) is 72.4 Å². The Kier molecular flexibility index (Phi) is 7.80. The first kappa shape index (κ1) is 33.3. The van der Waals surface area contributed by atoms with Crippen LogP contribution in [0.1, 0.15) is 5.56 Å². The Labute approximate surface area is 335 Å².